The Labute approximate surface area is 119 Å². The molecule has 106 valence electrons. The second kappa shape index (κ2) is 4.93. The van der Waals surface area contributed by atoms with Gasteiger partial charge in [0, 0.05) is 11.8 Å². The van der Waals surface area contributed by atoms with Gasteiger partial charge in [0.15, 0.2) is 0 Å². The van der Waals surface area contributed by atoms with Crippen LogP contribution in [0.25, 0.3) is 10.9 Å². The maximum absolute atomic E-state index is 12.0. The van der Waals surface area contributed by atoms with Crippen LogP contribution in [-0.2, 0) is 9.59 Å². The van der Waals surface area contributed by atoms with Crippen molar-refractivity contribution in [3.05, 3.63) is 35.8 Å². The molecule has 1 aliphatic heterocycles. The van der Waals surface area contributed by atoms with E-state index in [1.165, 1.54) is 18.5 Å². The van der Waals surface area contributed by atoms with Gasteiger partial charge in [-0.1, -0.05) is 0 Å². The quantitative estimate of drug-likeness (QED) is 0.792. The van der Waals surface area contributed by atoms with Crippen molar-refractivity contribution >= 4 is 28.7 Å². The number of nitrogens with one attached hydrogen (secondary N) is 1. The van der Waals surface area contributed by atoms with Crippen molar-refractivity contribution in [2.24, 2.45) is 0 Å². The molecular formula is C14H11N3O4. The molecule has 1 aliphatic rings. The molecule has 0 bridgehead atoms. The smallest absolute Gasteiger partial charge is 0.335 e. The molecule has 1 atom stereocenters. The maximum atomic E-state index is 12.0. The largest absolute Gasteiger partial charge is 0.478 e. The zero-order valence-electron chi connectivity index (χ0n) is 10.9. The molecular weight excluding hydrogens is 274 g/mol. The third-order valence-corrected chi connectivity index (χ3v) is 3.48. The fourth-order valence-electron chi connectivity index (χ4n) is 2.44. The van der Waals surface area contributed by atoms with Gasteiger partial charge in [-0.05, 0) is 24.6 Å². The summed E-state index contributed by atoms with van der Waals surface area (Å²) < 4.78 is 0. The number of amides is 2. The minimum Gasteiger partial charge on any atom is -0.478 e. The van der Waals surface area contributed by atoms with Crippen LogP contribution in [0.1, 0.15) is 34.8 Å². The number of carboxylic acid groups (broad SMARTS) is 1. The van der Waals surface area contributed by atoms with Crippen molar-refractivity contribution in [1.29, 1.82) is 0 Å². The highest BCUT2D eigenvalue weighted by Crippen LogP contribution is 2.28. The van der Waals surface area contributed by atoms with Crippen molar-refractivity contribution in [3.63, 3.8) is 0 Å². The van der Waals surface area contributed by atoms with E-state index in [4.69, 9.17) is 5.11 Å². The Morgan fingerprint density at radius 1 is 1.29 bits per heavy atom. The summed E-state index contributed by atoms with van der Waals surface area (Å²) in [5.74, 6) is -2.35. The first-order chi connectivity index (χ1) is 10.1. The molecule has 2 amide bonds. The molecule has 21 heavy (non-hydrogen) atoms. The zero-order chi connectivity index (χ0) is 15.0. The number of imide groups is 1. The van der Waals surface area contributed by atoms with Gasteiger partial charge in [-0.15, -0.1) is 0 Å². The Morgan fingerprint density at radius 2 is 2.10 bits per heavy atom. The standard InChI is InChI=1S/C14H11N3O4/c18-11-4-2-8(13(19)17-11)12-9-5-7(14(20)21)1-3-10(9)15-6-16-12/h1,3,5-6,8H,2,4H2,(H,20,21)(H,17,18,19). The average molecular weight is 285 g/mol. The summed E-state index contributed by atoms with van der Waals surface area (Å²) >= 11 is 0. The predicted octanol–water partition coefficient (Wildman–Crippen LogP) is 0.848. The Balaban J connectivity index is 2.13. The van der Waals surface area contributed by atoms with Crippen LogP contribution in [0.15, 0.2) is 24.5 Å². The van der Waals surface area contributed by atoms with Gasteiger partial charge in [0.25, 0.3) is 0 Å². The highest BCUT2D eigenvalue weighted by atomic mass is 16.4. The second-order valence-corrected chi connectivity index (χ2v) is 4.80. The van der Waals surface area contributed by atoms with Crippen LogP contribution in [0.3, 0.4) is 0 Å². The third-order valence-electron chi connectivity index (χ3n) is 3.48. The minimum atomic E-state index is -1.06. The molecule has 1 fully saturated rings. The molecule has 7 heteroatoms. The molecule has 0 radical (unpaired) electrons. The number of aromatic carboxylic acids is 1. The predicted molar refractivity (Wildman–Crippen MR) is 71.6 cm³/mol. The summed E-state index contributed by atoms with van der Waals surface area (Å²) in [5.41, 5.74) is 1.12. The molecule has 1 aromatic heterocycles. The van der Waals surface area contributed by atoms with Crippen molar-refractivity contribution in [1.82, 2.24) is 15.3 Å². The summed E-state index contributed by atoms with van der Waals surface area (Å²) in [4.78, 5) is 42.5. The molecule has 3 rings (SSSR count). The highest BCUT2D eigenvalue weighted by Gasteiger charge is 2.30. The van der Waals surface area contributed by atoms with E-state index in [-0.39, 0.29) is 17.9 Å². The molecule has 7 nitrogen and oxygen atoms in total. The number of hydrogen-bond donors (Lipinski definition) is 2. The molecule has 0 aliphatic carbocycles. The Morgan fingerprint density at radius 3 is 2.81 bits per heavy atom. The first-order valence-corrected chi connectivity index (χ1v) is 6.38. The number of carbonyl (C=O) groups is 3. The number of fused-ring (bicyclic) bond motifs is 1. The van der Waals surface area contributed by atoms with Crippen molar-refractivity contribution in [2.45, 2.75) is 18.8 Å². The number of hydrogen-bond acceptors (Lipinski definition) is 5. The summed E-state index contributed by atoms with van der Waals surface area (Å²) in [7, 11) is 0. The van der Waals surface area contributed by atoms with E-state index < -0.39 is 17.8 Å². The van der Waals surface area contributed by atoms with E-state index in [1.807, 2.05) is 0 Å². The lowest BCUT2D eigenvalue weighted by Gasteiger charge is -2.21. The van der Waals surface area contributed by atoms with Gasteiger partial charge in [0.05, 0.1) is 22.7 Å². The fraction of sp³-hybridized carbons (Fsp3) is 0.214. The average Bonchev–Trinajstić information content (AvgIpc) is 2.46. The van der Waals surface area contributed by atoms with Gasteiger partial charge in [0.2, 0.25) is 11.8 Å². The lowest BCUT2D eigenvalue weighted by molar-refractivity contribution is -0.134. The van der Waals surface area contributed by atoms with Crippen LogP contribution < -0.4 is 5.32 Å². The molecule has 2 N–H and O–H groups in total. The summed E-state index contributed by atoms with van der Waals surface area (Å²) in [5, 5.41) is 11.9. The normalized spacial score (nSPS) is 18.6. The number of carboxylic acids is 1. The van der Waals surface area contributed by atoms with E-state index in [2.05, 4.69) is 15.3 Å². The Bertz CT molecular complexity index is 772. The van der Waals surface area contributed by atoms with Gasteiger partial charge in [-0.3, -0.25) is 14.9 Å². The van der Waals surface area contributed by atoms with E-state index in [0.29, 0.717) is 23.0 Å². The van der Waals surface area contributed by atoms with Crippen LogP contribution in [0, 0.1) is 0 Å². The monoisotopic (exact) mass is 285 g/mol. The summed E-state index contributed by atoms with van der Waals surface area (Å²) in [6, 6.07) is 4.48. The van der Waals surface area contributed by atoms with Crippen molar-refractivity contribution < 1.29 is 19.5 Å². The highest BCUT2D eigenvalue weighted by molar-refractivity contribution is 6.03. The van der Waals surface area contributed by atoms with Crippen LogP contribution in [0.2, 0.25) is 0 Å². The molecule has 2 aromatic rings. The molecule has 0 spiro atoms. The van der Waals surface area contributed by atoms with E-state index >= 15 is 0 Å². The zero-order valence-corrected chi connectivity index (χ0v) is 10.9. The van der Waals surface area contributed by atoms with Crippen LogP contribution in [0.4, 0.5) is 0 Å². The third kappa shape index (κ3) is 2.33. The van der Waals surface area contributed by atoms with Crippen LogP contribution in [-0.4, -0.2) is 32.9 Å². The Kier molecular flexibility index (Phi) is 3.09. The second-order valence-electron chi connectivity index (χ2n) is 4.80. The van der Waals surface area contributed by atoms with Crippen LogP contribution in [0.5, 0.6) is 0 Å². The van der Waals surface area contributed by atoms with Gasteiger partial charge in [-0.25, -0.2) is 14.8 Å². The summed E-state index contributed by atoms with van der Waals surface area (Å²) in [6.45, 7) is 0. The fourth-order valence-corrected chi connectivity index (χ4v) is 2.44. The molecule has 0 saturated carbocycles. The van der Waals surface area contributed by atoms with Crippen LogP contribution >= 0.6 is 0 Å². The first-order valence-electron chi connectivity index (χ1n) is 6.38. The molecule has 2 heterocycles. The minimum absolute atomic E-state index is 0.103. The number of nitrogens with zero attached hydrogens (tertiary/aromatic N) is 2. The van der Waals surface area contributed by atoms with E-state index in [9.17, 15) is 14.4 Å². The molecule has 1 unspecified atom stereocenters. The number of benzene rings is 1. The molecule has 1 saturated heterocycles. The van der Waals surface area contributed by atoms with E-state index in [1.54, 1.807) is 6.07 Å². The lowest BCUT2D eigenvalue weighted by atomic mass is 9.91. The Hall–Kier alpha value is -2.83. The van der Waals surface area contributed by atoms with Crippen molar-refractivity contribution in [3.8, 4) is 0 Å². The number of piperidine rings is 1. The van der Waals surface area contributed by atoms with Crippen molar-refractivity contribution in [2.75, 3.05) is 0 Å². The van der Waals surface area contributed by atoms with E-state index in [0.717, 1.165) is 0 Å². The first kappa shape index (κ1) is 13.2. The van der Waals surface area contributed by atoms with Gasteiger partial charge >= 0.3 is 5.97 Å². The van der Waals surface area contributed by atoms with Gasteiger partial charge in [-0.2, -0.15) is 0 Å². The topological polar surface area (TPSA) is 109 Å². The van der Waals surface area contributed by atoms with Gasteiger partial charge < -0.3 is 5.11 Å². The number of carbonyl (C=O) groups excluding carboxylic acids is 2. The lowest BCUT2D eigenvalue weighted by Crippen LogP contribution is -2.39. The maximum Gasteiger partial charge on any atom is 0.335 e. The SMILES string of the molecule is O=C1CCC(c2ncnc3ccc(C(=O)O)cc23)C(=O)N1. The van der Waals surface area contributed by atoms with Gasteiger partial charge in [0.1, 0.15) is 6.33 Å². The molecule has 1 aromatic carbocycles. The summed E-state index contributed by atoms with van der Waals surface area (Å²) in [6.07, 6.45) is 1.93. The number of aromatic nitrogens is 2. The number of rotatable bonds is 2.